The highest BCUT2D eigenvalue weighted by atomic mass is 16.6. The van der Waals surface area contributed by atoms with Crippen LogP contribution in [0.1, 0.15) is 17.5 Å². The summed E-state index contributed by atoms with van der Waals surface area (Å²) in [5.74, 6) is 0. The quantitative estimate of drug-likeness (QED) is 0.642. The van der Waals surface area contributed by atoms with Gasteiger partial charge in [-0.3, -0.25) is 10.1 Å². The van der Waals surface area contributed by atoms with Gasteiger partial charge in [-0.1, -0.05) is 36.4 Å². The van der Waals surface area contributed by atoms with Crippen LogP contribution in [0.15, 0.2) is 48.5 Å². The summed E-state index contributed by atoms with van der Waals surface area (Å²) in [6, 6.07) is 16.7. The Balaban J connectivity index is 2.00. The highest BCUT2D eigenvalue weighted by Crippen LogP contribution is 2.33. The van der Waals surface area contributed by atoms with E-state index < -0.39 is 0 Å². The van der Waals surface area contributed by atoms with Gasteiger partial charge in [0.15, 0.2) is 0 Å². The van der Waals surface area contributed by atoms with E-state index in [1.165, 1.54) is 11.6 Å². The number of nitro groups is 1. The molecule has 2 aromatic carbocycles. The molecule has 0 N–H and O–H groups in total. The van der Waals surface area contributed by atoms with Gasteiger partial charge < -0.3 is 4.90 Å². The molecular formula is C17H15N3O2. The predicted octanol–water partition coefficient (Wildman–Crippen LogP) is 3.44. The van der Waals surface area contributed by atoms with Crippen LogP contribution in [0.25, 0.3) is 0 Å². The fourth-order valence-electron chi connectivity index (χ4n) is 2.95. The average molecular weight is 293 g/mol. The van der Waals surface area contributed by atoms with Crippen molar-refractivity contribution in [3.8, 4) is 6.07 Å². The Morgan fingerprint density at radius 2 is 1.95 bits per heavy atom. The molecule has 0 saturated carbocycles. The Morgan fingerprint density at radius 3 is 2.73 bits per heavy atom. The van der Waals surface area contributed by atoms with Gasteiger partial charge >= 0.3 is 0 Å². The van der Waals surface area contributed by atoms with Crippen LogP contribution in [0, 0.1) is 21.4 Å². The number of hydrogen-bond donors (Lipinski definition) is 0. The van der Waals surface area contributed by atoms with Gasteiger partial charge in [0.1, 0.15) is 6.04 Å². The molecule has 0 radical (unpaired) electrons. The van der Waals surface area contributed by atoms with E-state index in [4.69, 9.17) is 0 Å². The summed E-state index contributed by atoms with van der Waals surface area (Å²) in [6.07, 6.45) is 1.61. The topological polar surface area (TPSA) is 70.2 Å². The minimum Gasteiger partial charge on any atom is -0.351 e. The second-order valence-electron chi connectivity index (χ2n) is 5.33. The van der Waals surface area contributed by atoms with Crippen molar-refractivity contribution in [1.29, 1.82) is 5.26 Å². The molecule has 22 heavy (non-hydrogen) atoms. The van der Waals surface area contributed by atoms with Crippen molar-refractivity contribution in [1.82, 2.24) is 0 Å². The van der Waals surface area contributed by atoms with Crippen LogP contribution in [-0.4, -0.2) is 11.0 Å². The van der Waals surface area contributed by atoms with Crippen molar-refractivity contribution < 1.29 is 4.92 Å². The summed E-state index contributed by atoms with van der Waals surface area (Å²) < 4.78 is 0. The highest BCUT2D eigenvalue weighted by Gasteiger charge is 2.27. The molecule has 2 aromatic rings. The molecule has 5 nitrogen and oxygen atoms in total. The first-order valence-electron chi connectivity index (χ1n) is 7.17. The first-order chi connectivity index (χ1) is 10.7. The van der Waals surface area contributed by atoms with Crippen molar-refractivity contribution in [2.24, 2.45) is 0 Å². The number of nitriles is 1. The molecule has 1 aliphatic rings. The number of aryl methyl sites for hydroxylation is 1. The zero-order valence-electron chi connectivity index (χ0n) is 12.0. The maximum atomic E-state index is 11.2. The molecule has 1 unspecified atom stereocenters. The summed E-state index contributed by atoms with van der Waals surface area (Å²) in [6.45, 7) is 0.367. The normalized spacial score (nSPS) is 16.7. The molecule has 5 heteroatoms. The summed E-state index contributed by atoms with van der Waals surface area (Å²) >= 11 is 0. The van der Waals surface area contributed by atoms with Crippen molar-refractivity contribution in [2.45, 2.75) is 25.4 Å². The molecule has 3 rings (SSSR count). The van der Waals surface area contributed by atoms with Crippen LogP contribution in [0.5, 0.6) is 0 Å². The number of benzene rings is 2. The van der Waals surface area contributed by atoms with E-state index in [2.05, 4.69) is 12.1 Å². The third-order valence-corrected chi connectivity index (χ3v) is 4.04. The summed E-state index contributed by atoms with van der Waals surface area (Å²) in [5, 5.41) is 20.6. The van der Waals surface area contributed by atoms with Gasteiger partial charge in [0, 0.05) is 17.3 Å². The van der Waals surface area contributed by atoms with Gasteiger partial charge in [0.25, 0.3) is 5.69 Å². The lowest BCUT2D eigenvalue weighted by Crippen LogP contribution is -2.38. The van der Waals surface area contributed by atoms with Crippen molar-refractivity contribution in [3.05, 3.63) is 69.8 Å². The number of nitro benzene ring substituents is 1. The van der Waals surface area contributed by atoms with Gasteiger partial charge in [0.05, 0.1) is 17.5 Å². The lowest BCUT2D eigenvalue weighted by atomic mass is 9.95. The third kappa shape index (κ3) is 2.51. The number of hydrogen-bond acceptors (Lipinski definition) is 4. The lowest BCUT2D eigenvalue weighted by molar-refractivity contribution is -0.385. The Kier molecular flexibility index (Phi) is 3.75. The van der Waals surface area contributed by atoms with Crippen LogP contribution >= 0.6 is 0 Å². The molecule has 1 aliphatic heterocycles. The van der Waals surface area contributed by atoms with E-state index in [-0.39, 0.29) is 16.7 Å². The van der Waals surface area contributed by atoms with Gasteiger partial charge in [-0.15, -0.1) is 0 Å². The Labute approximate surface area is 128 Å². The van der Waals surface area contributed by atoms with Gasteiger partial charge in [0.2, 0.25) is 0 Å². The van der Waals surface area contributed by atoms with E-state index in [1.54, 1.807) is 18.2 Å². The number of nitrogens with zero attached hydrogens (tertiary/aromatic N) is 3. The van der Waals surface area contributed by atoms with Gasteiger partial charge in [-0.2, -0.15) is 5.26 Å². The number of para-hydroxylation sites is 2. The fraction of sp³-hybridized carbons (Fsp3) is 0.235. The molecule has 0 spiro atoms. The summed E-state index contributed by atoms with van der Waals surface area (Å²) in [7, 11) is 0. The molecule has 0 fully saturated rings. The first kappa shape index (κ1) is 14.1. The third-order valence-electron chi connectivity index (χ3n) is 4.04. The zero-order valence-corrected chi connectivity index (χ0v) is 12.0. The minimum atomic E-state index is -0.368. The summed E-state index contributed by atoms with van der Waals surface area (Å²) in [4.78, 5) is 12.8. The molecule has 0 aliphatic carbocycles. The van der Waals surface area contributed by atoms with Crippen LogP contribution in [0.4, 0.5) is 11.4 Å². The number of anilines is 1. The van der Waals surface area contributed by atoms with E-state index in [9.17, 15) is 15.4 Å². The van der Waals surface area contributed by atoms with Gasteiger partial charge in [-0.25, -0.2) is 0 Å². The van der Waals surface area contributed by atoms with Crippen molar-refractivity contribution in [2.75, 3.05) is 4.90 Å². The zero-order chi connectivity index (χ0) is 15.5. The fourth-order valence-corrected chi connectivity index (χ4v) is 2.95. The Morgan fingerprint density at radius 1 is 1.23 bits per heavy atom. The number of fused-ring (bicyclic) bond motifs is 1. The van der Waals surface area contributed by atoms with Crippen LogP contribution in [0.3, 0.4) is 0 Å². The predicted molar refractivity (Wildman–Crippen MR) is 83.4 cm³/mol. The smallest absolute Gasteiger partial charge is 0.274 e. The van der Waals surface area contributed by atoms with Crippen molar-refractivity contribution >= 4 is 11.4 Å². The molecular weight excluding hydrogens is 278 g/mol. The van der Waals surface area contributed by atoms with E-state index in [0.29, 0.717) is 12.1 Å². The molecule has 0 amide bonds. The molecule has 1 atom stereocenters. The highest BCUT2D eigenvalue weighted by molar-refractivity contribution is 5.59. The average Bonchev–Trinajstić information content (AvgIpc) is 2.55. The monoisotopic (exact) mass is 293 g/mol. The Hall–Kier alpha value is -2.87. The maximum Gasteiger partial charge on any atom is 0.274 e. The maximum absolute atomic E-state index is 11.2. The van der Waals surface area contributed by atoms with E-state index in [0.717, 1.165) is 18.5 Å². The molecule has 1 heterocycles. The van der Waals surface area contributed by atoms with E-state index in [1.807, 2.05) is 23.1 Å². The second kappa shape index (κ2) is 5.86. The number of rotatable bonds is 3. The van der Waals surface area contributed by atoms with Gasteiger partial charge in [-0.05, 0) is 24.5 Å². The molecule has 0 saturated heterocycles. The molecule has 0 bridgehead atoms. The van der Waals surface area contributed by atoms with Crippen LogP contribution in [0.2, 0.25) is 0 Å². The minimum absolute atomic E-state index is 0.0993. The Bertz CT molecular complexity index is 752. The summed E-state index contributed by atoms with van der Waals surface area (Å²) in [5.41, 5.74) is 2.91. The largest absolute Gasteiger partial charge is 0.351 e. The first-order valence-corrected chi connectivity index (χ1v) is 7.17. The molecule has 110 valence electrons. The van der Waals surface area contributed by atoms with Crippen molar-refractivity contribution in [3.63, 3.8) is 0 Å². The van der Waals surface area contributed by atoms with Crippen LogP contribution in [-0.2, 0) is 13.0 Å². The SMILES string of the molecule is N#CC1CCc2ccccc2N1Cc1ccccc1[N+](=O)[O-]. The molecule has 0 aromatic heterocycles. The second-order valence-corrected chi connectivity index (χ2v) is 5.33. The van der Waals surface area contributed by atoms with Crippen LogP contribution < -0.4 is 4.90 Å². The lowest BCUT2D eigenvalue weighted by Gasteiger charge is -2.35. The standard InChI is InChI=1S/C17H15N3O2/c18-11-15-10-9-13-5-1-3-7-16(13)19(15)12-14-6-2-4-8-17(14)20(21)22/h1-8,15H,9-10,12H2. The van der Waals surface area contributed by atoms with E-state index >= 15 is 0 Å².